The zero-order valence-electron chi connectivity index (χ0n) is 13.6. The highest BCUT2D eigenvalue weighted by molar-refractivity contribution is 5.60. The zero-order valence-corrected chi connectivity index (χ0v) is 13.6. The highest BCUT2D eigenvalue weighted by Gasteiger charge is 2.15. The molecule has 0 aliphatic heterocycles. The molecule has 4 heteroatoms. The SMILES string of the molecule is Cc1ccc(Nc2nc(C)cc(NC3CCCC3)n2)c(C)c1. The second-order valence-electron chi connectivity index (χ2n) is 6.29. The molecule has 1 heterocycles. The van der Waals surface area contributed by atoms with Crippen LogP contribution in [0.3, 0.4) is 0 Å². The Morgan fingerprint density at radius 2 is 1.77 bits per heavy atom. The van der Waals surface area contributed by atoms with E-state index in [1.807, 2.05) is 13.0 Å². The van der Waals surface area contributed by atoms with Crippen molar-refractivity contribution in [2.45, 2.75) is 52.5 Å². The average Bonchev–Trinajstić information content (AvgIpc) is 2.94. The summed E-state index contributed by atoms with van der Waals surface area (Å²) in [6.07, 6.45) is 5.11. The Hall–Kier alpha value is -2.10. The van der Waals surface area contributed by atoms with Crippen LogP contribution in [0, 0.1) is 20.8 Å². The molecule has 4 nitrogen and oxygen atoms in total. The topological polar surface area (TPSA) is 49.8 Å². The van der Waals surface area contributed by atoms with Gasteiger partial charge < -0.3 is 10.6 Å². The van der Waals surface area contributed by atoms with Gasteiger partial charge in [-0.15, -0.1) is 0 Å². The molecule has 0 amide bonds. The molecule has 0 atom stereocenters. The van der Waals surface area contributed by atoms with E-state index in [1.54, 1.807) is 0 Å². The van der Waals surface area contributed by atoms with E-state index in [4.69, 9.17) is 0 Å². The van der Waals surface area contributed by atoms with Crippen LogP contribution in [-0.2, 0) is 0 Å². The van der Waals surface area contributed by atoms with E-state index >= 15 is 0 Å². The number of hydrogen-bond donors (Lipinski definition) is 2. The summed E-state index contributed by atoms with van der Waals surface area (Å²) >= 11 is 0. The predicted molar refractivity (Wildman–Crippen MR) is 91.8 cm³/mol. The first-order valence-corrected chi connectivity index (χ1v) is 8.06. The Balaban J connectivity index is 1.79. The highest BCUT2D eigenvalue weighted by Crippen LogP contribution is 2.24. The van der Waals surface area contributed by atoms with Gasteiger partial charge in [0.25, 0.3) is 0 Å². The van der Waals surface area contributed by atoms with Crippen LogP contribution in [-0.4, -0.2) is 16.0 Å². The smallest absolute Gasteiger partial charge is 0.229 e. The predicted octanol–water partition coefficient (Wildman–Crippen LogP) is 4.50. The van der Waals surface area contributed by atoms with E-state index in [9.17, 15) is 0 Å². The van der Waals surface area contributed by atoms with Gasteiger partial charge in [0.2, 0.25) is 5.95 Å². The normalized spacial score (nSPS) is 15.0. The van der Waals surface area contributed by atoms with Gasteiger partial charge in [-0.2, -0.15) is 4.98 Å². The van der Waals surface area contributed by atoms with Crippen LogP contribution in [0.25, 0.3) is 0 Å². The van der Waals surface area contributed by atoms with Crippen molar-refractivity contribution in [1.82, 2.24) is 9.97 Å². The quantitative estimate of drug-likeness (QED) is 0.872. The second kappa shape index (κ2) is 6.34. The standard InChI is InChI=1S/C18H24N4/c1-12-8-9-16(13(2)10-12)21-18-19-14(3)11-17(22-18)20-15-6-4-5-7-15/h8-11,15H,4-7H2,1-3H3,(H2,19,20,21,22). The van der Waals surface area contributed by atoms with Crippen LogP contribution in [0.5, 0.6) is 0 Å². The molecular formula is C18H24N4. The molecule has 1 aliphatic carbocycles. The Bertz CT molecular complexity index is 660. The summed E-state index contributed by atoms with van der Waals surface area (Å²) in [6.45, 7) is 6.21. The lowest BCUT2D eigenvalue weighted by Crippen LogP contribution is -2.16. The van der Waals surface area contributed by atoms with Crippen molar-refractivity contribution in [1.29, 1.82) is 0 Å². The molecule has 116 valence electrons. The van der Waals surface area contributed by atoms with E-state index in [2.05, 4.69) is 52.6 Å². The van der Waals surface area contributed by atoms with Crippen molar-refractivity contribution in [3.8, 4) is 0 Å². The van der Waals surface area contributed by atoms with Crippen molar-refractivity contribution >= 4 is 17.5 Å². The van der Waals surface area contributed by atoms with Gasteiger partial charge in [0.1, 0.15) is 5.82 Å². The van der Waals surface area contributed by atoms with E-state index in [1.165, 1.54) is 36.8 Å². The number of anilines is 3. The Kier molecular flexibility index (Phi) is 4.27. The average molecular weight is 296 g/mol. The third kappa shape index (κ3) is 3.56. The molecule has 1 saturated carbocycles. The number of benzene rings is 1. The third-order valence-corrected chi connectivity index (χ3v) is 4.19. The maximum absolute atomic E-state index is 4.62. The Morgan fingerprint density at radius 1 is 1.00 bits per heavy atom. The number of aryl methyl sites for hydroxylation is 3. The fourth-order valence-electron chi connectivity index (χ4n) is 3.05. The maximum atomic E-state index is 4.62. The lowest BCUT2D eigenvalue weighted by Gasteiger charge is -2.15. The first-order valence-electron chi connectivity index (χ1n) is 8.06. The number of rotatable bonds is 4. The van der Waals surface area contributed by atoms with Gasteiger partial charge >= 0.3 is 0 Å². The zero-order chi connectivity index (χ0) is 15.5. The molecule has 1 aliphatic rings. The van der Waals surface area contributed by atoms with Gasteiger partial charge in [0.15, 0.2) is 0 Å². The summed E-state index contributed by atoms with van der Waals surface area (Å²) in [6, 6.07) is 8.92. The minimum absolute atomic E-state index is 0.559. The summed E-state index contributed by atoms with van der Waals surface area (Å²) in [5.74, 6) is 1.58. The van der Waals surface area contributed by atoms with Gasteiger partial charge in [-0.3, -0.25) is 0 Å². The largest absolute Gasteiger partial charge is 0.367 e. The molecular weight excluding hydrogens is 272 g/mol. The van der Waals surface area contributed by atoms with Gasteiger partial charge in [-0.1, -0.05) is 30.5 Å². The van der Waals surface area contributed by atoms with Gasteiger partial charge in [-0.05, 0) is 45.2 Å². The van der Waals surface area contributed by atoms with Crippen molar-refractivity contribution in [3.05, 3.63) is 41.1 Å². The van der Waals surface area contributed by atoms with E-state index < -0.39 is 0 Å². The molecule has 1 aromatic heterocycles. The first-order chi connectivity index (χ1) is 10.6. The van der Waals surface area contributed by atoms with E-state index in [-0.39, 0.29) is 0 Å². The number of hydrogen-bond acceptors (Lipinski definition) is 4. The van der Waals surface area contributed by atoms with Crippen molar-refractivity contribution < 1.29 is 0 Å². The fraction of sp³-hybridized carbons (Fsp3) is 0.444. The molecule has 1 aromatic carbocycles. The first kappa shape index (κ1) is 14.8. The molecule has 2 N–H and O–H groups in total. The second-order valence-corrected chi connectivity index (χ2v) is 6.29. The van der Waals surface area contributed by atoms with Crippen LogP contribution in [0.4, 0.5) is 17.5 Å². The van der Waals surface area contributed by atoms with Crippen LogP contribution in [0.2, 0.25) is 0 Å². The lowest BCUT2D eigenvalue weighted by molar-refractivity contribution is 0.749. The minimum Gasteiger partial charge on any atom is -0.367 e. The van der Waals surface area contributed by atoms with Crippen molar-refractivity contribution in [3.63, 3.8) is 0 Å². The molecule has 0 unspecified atom stereocenters. The summed E-state index contributed by atoms with van der Waals surface area (Å²) in [4.78, 5) is 9.13. The molecule has 2 aromatic rings. The molecule has 0 spiro atoms. The number of nitrogens with zero attached hydrogens (tertiary/aromatic N) is 2. The van der Waals surface area contributed by atoms with Crippen LogP contribution < -0.4 is 10.6 Å². The molecule has 0 saturated heterocycles. The van der Waals surface area contributed by atoms with Gasteiger partial charge in [-0.25, -0.2) is 4.98 Å². The molecule has 0 bridgehead atoms. The van der Waals surface area contributed by atoms with Crippen LogP contribution in [0.15, 0.2) is 24.3 Å². The maximum Gasteiger partial charge on any atom is 0.229 e. The molecule has 0 radical (unpaired) electrons. The number of nitrogens with one attached hydrogen (secondary N) is 2. The summed E-state index contributed by atoms with van der Waals surface area (Å²) < 4.78 is 0. The van der Waals surface area contributed by atoms with Crippen LogP contribution >= 0.6 is 0 Å². The summed E-state index contributed by atoms with van der Waals surface area (Å²) in [5, 5.41) is 6.88. The molecule has 3 rings (SSSR count). The van der Waals surface area contributed by atoms with Crippen molar-refractivity contribution in [2.24, 2.45) is 0 Å². The number of aromatic nitrogens is 2. The third-order valence-electron chi connectivity index (χ3n) is 4.19. The fourth-order valence-corrected chi connectivity index (χ4v) is 3.05. The Morgan fingerprint density at radius 3 is 2.50 bits per heavy atom. The Labute approximate surface area is 132 Å². The van der Waals surface area contributed by atoms with E-state index in [0.717, 1.165) is 17.2 Å². The molecule has 1 fully saturated rings. The highest BCUT2D eigenvalue weighted by atomic mass is 15.1. The molecule has 22 heavy (non-hydrogen) atoms. The van der Waals surface area contributed by atoms with Crippen molar-refractivity contribution in [2.75, 3.05) is 10.6 Å². The lowest BCUT2D eigenvalue weighted by atomic mass is 10.1. The van der Waals surface area contributed by atoms with E-state index in [0.29, 0.717) is 12.0 Å². The summed E-state index contributed by atoms with van der Waals surface area (Å²) in [5.41, 5.74) is 4.50. The van der Waals surface area contributed by atoms with Crippen LogP contribution in [0.1, 0.15) is 42.5 Å². The monoisotopic (exact) mass is 296 g/mol. The van der Waals surface area contributed by atoms with Gasteiger partial charge in [0.05, 0.1) is 0 Å². The minimum atomic E-state index is 0.559. The van der Waals surface area contributed by atoms with Gasteiger partial charge in [0, 0.05) is 23.5 Å². The summed E-state index contributed by atoms with van der Waals surface area (Å²) in [7, 11) is 0.